The summed E-state index contributed by atoms with van der Waals surface area (Å²) in [6.45, 7) is 3.96. The van der Waals surface area contributed by atoms with E-state index in [1.165, 1.54) is 6.08 Å². The third kappa shape index (κ3) is 2.53. The molecule has 0 amide bonds. The quantitative estimate of drug-likeness (QED) is 0.633. The fraction of sp³-hybridized carbons (Fsp3) is 0.176. The molecule has 23 heavy (non-hydrogen) atoms. The van der Waals surface area contributed by atoms with E-state index in [1.807, 2.05) is 42.7 Å². The standard InChI is InChI=1S/C17H14N2O4/c1-10-5-12(6-13(8-18)17(20)21)11(2)19(10)14-3-4-15-16(7-14)23-9-22-15/h3-7H,9H2,1-2H3,(H,20,21)/p-1/b13-6+. The van der Waals surface area contributed by atoms with Crippen molar-refractivity contribution in [2.45, 2.75) is 13.8 Å². The summed E-state index contributed by atoms with van der Waals surface area (Å²) in [4.78, 5) is 10.9. The lowest BCUT2D eigenvalue weighted by Gasteiger charge is -2.10. The van der Waals surface area contributed by atoms with Gasteiger partial charge in [0, 0.05) is 23.1 Å². The molecule has 0 saturated heterocycles. The number of rotatable bonds is 3. The van der Waals surface area contributed by atoms with Crippen molar-refractivity contribution in [3.8, 4) is 23.3 Å². The second kappa shape index (κ2) is 5.54. The molecule has 1 aliphatic heterocycles. The second-order valence-corrected chi connectivity index (χ2v) is 5.16. The van der Waals surface area contributed by atoms with Gasteiger partial charge in [0.2, 0.25) is 6.79 Å². The van der Waals surface area contributed by atoms with E-state index in [9.17, 15) is 9.90 Å². The van der Waals surface area contributed by atoms with Gasteiger partial charge >= 0.3 is 0 Å². The van der Waals surface area contributed by atoms with E-state index in [0.717, 1.165) is 17.1 Å². The minimum Gasteiger partial charge on any atom is -0.544 e. The number of carbonyl (C=O) groups excluding carboxylic acids is 1. The zero-order valence-corrected chi connectivity index (χ0v) is 12.6. The number of aryl methyl sites for hydroxylation is 1. The zero-order valence-electron chi connectivity index (χ0n) is 12.6. The number of benzene rings is 1. The van der Waals surface area contributed by atoms with Gasteiger partial charge in [0.05, 0.1) is 11.5 Å². The van der Waals surface area contributed by atoms with E-state index in [-0.39, 0.29) is 6.79 Å². The predicted octanol–water partition coefficient (Wildman–Crippen LogP) is 1.48. The van der Waals surface area contributed by atoms with Crippen LogP contribution >= 0.6 is 0 Å². The van der Waals surface area contributed by atoms with E-state index in [2.05, 4.69) is 0 Å². The van der Waals surface area contributed by atoms with Gasteiger partial charge in [-0.2, -0.15) is 5.26 Å². The fourth-order valence-electron chi connectivity index (χ4n) is 2.65. The van der Waals surface area contributed by atoms with Crippen LogP contribution in [-0.2, 0) is 4.79 Å². The van der Waals surface area contributed by atoms with Crippen LogP contribution in [0.1, 0.15) is 17.0 Å². The number of carboxylic acid groups (broad SMARTS) is 1. The molecule has 0 fully saturated rings. The van der Waals surface area contributed by atoms with Crippen molar-refractivity contribution in [1.82, 2.24) is 4.57 Å². The van der Waals surface area contributed by atoms with Gasteiger partial charge in [-0.25, -0.2) is 0 Å². The number of carbonyl (C=O) groups is 1. The summed E-state index contributed by atoms with van der Waals surface area (Å²) in [5, 5.41) is 19.8. The van der Waals surface area contributed by atoms with E-state index < -0.39 is 11.5 Å². The summed E-state index contributed by atoms with van der Waals surface area (Å²) < 4.78 is 12.6. The molecule has 1 aromatic carbocycles. The molecule has 6 heteroatoms. The Hall–Kier alpha value is -3.20. The first-order valence-corrected chi connectivity index (χ1v) is 6.93. The molecule has 0 atom stereocenters. The topological polar surface area (TPSA) is 87.3 Å². The van der Waals surface area contributed by atoms with E-state index in [4.69, 9.17) is 14.7 Å². The van der Waals surface area contributed by atoms with Crippen LogP contribution in [-0.4, -0.2) is 17.3 Å². The van der Waals surface area contributed by atoms with Gasteiger partial charge in [-0.05, 0) is 43.7 Å². The Morgan fingerprint density at radius 3 is 2.74 bits per heavy atom. The molecule has 0 spiro atoms. The summed E-state index contributed by atoms with van der Waals surface area (Å²) in [6.07, 6.45) is 1.32. The SMILES string of the molecule is Cc1cc(/C=C(\C#N)C(=O)[O-])c(C)n1-c1ccc2c(c1)OCO2. The van der Waals surface area contributed by atoms with E-state index in [1.54, 1.807) is 6.07 Å². The van der Waals surface area contributed by atoms with Crippen LogP contribution in [0.2, 0.25) is 0 Å². The van der Waals surface area contributed by atoms with Crippen molar-refractivity contribution in [2.24, 2.45) is 0 Å². The molecule has 0 aliphatic carbocycles. The fourth-order valence-corrected chi connectivity index (χ4v) is 2.65. The maximum Gasteiger partial charge on any atom is 0.231 e. The highest BCUT2D eigenvalue weighted by atomic mass is 16.7. The third-order valence-electron chi connectivity index (χ3n) is 3.72. The number of aromatic nitrogens is 1. The maximum atomic E-state index is 10.9. The van der Waals surface area contributed by atoms with Crippen molar-refractivity contribution in [3.63, 3.8) is 0 Å². The molecule has 0 unspecified atom stereocenters. The van der Waals surface area contributed by atoms with Gasteiger partial charge in [0.25, 0.3) is 0 Å². The molecule has 0 radical (unpaired) electrons. The first-order chi connectivity index (χ1) is 11.0. The monoisotopic (exact) mass is 309 g/mol. The average Bonchev–Trinajstić information content (AvgIpc) is 3.08. The third-order valence-corrected chi connectivity index (χ3v) is 3.72. The van der Waals surface area contributed by atoms with Crippen molar-refractivity contribution in [2.75, 3.05) is 6.79 Å². The lowest BCUT2D eigenvalue weighted by Crippen LogP contribution is -2.23. The largest absolute Gasteiger partial charge is 0.544 e. The first-order valence-electron chi connectivity index (χ1n) is 6.93. The van der Waals surface area contributed by atoms with E-state index >= 15 is 0 Å². The van der Waals surface area contributed by atoms with Crippen molar-refractivity contribution in [1.29, 1.82) is 5.26 Å². The summed E-state index contributed by atoms with van der Waals surface area (Å²) >= 11 is 0. The van der Waals surface area contributed by atoms with Crippen LogP contribution in [0.15, 0.2) is 29.8 Å². The normalized spacial score (nSPS) is 13.0. The number of hydrogen-bond acceptors (Lipinski definition) is 5. The van der Waals surface area contributed by atoms with Crippen LogP contribution < -0.4 is 14.6 Å². The number of nitriles is 1. The first kappa shape index (κ1) is 14.7. The lowest BCUT2D eigenvalue weighted by atomic mass is 10.1. The minimum atomic E-state index is -1.49. The van der Waals surface area contributed by atoms with Gasteiger partial charge in [0.15, 0.2) is 11.5 Å². The Bertz CT molecular complexity index is 871. The molecule has 1 aromatic heterocycles. The molecular formula is C17H13N2O4-. The van der Waals surface area contributed by atoms with Gasteiger partial charge in [-0.15, -0.1) is 0 Å². The van der Waals surface area contributed by atoms with Crippen molar-refractivity contribution >= 4 is 12.0 Å². The Labute approximate surface area is 132 Å². The molecular weight excluding hydrogens is 296 g/mol. The van der Waals surface area contributed by atoms with Crippen LogP contribution in [0.4, 0.5) is 0 Å². The summed E-state index contributed by atoms with van der Waals surface area (Å²) in [6, 6.07) is 9.03. The molecule has 1 aliphatic rings. The predicted molar refractivity (Wildman–Crippen MR) is 80.0 cm³/mol. The van der Waals surface area contributed by atoms with Gasteiger partial charge < -0.3 is 23.9 Å². The van der Waals surface area contributed by atoms with Gasteiger partial charge in [-0.3, -0.25) is 0 Å². The number of carboxylic acids is 1. The number of aliphatic carboxylic acids is 1. The highest BCUT2D eigenvalue weighted by Gasteiger charge is 2.16. The summed E-state index contributed by atoms with van der Waals surface area (Å²) in [7, 11) is 0. The Morgan fingerprint density at radius 1 is 1.30 bits per heavy atom. The molecule has 6 nitrogen and oxygen atoms in total. The van der Waals surface area contributed by atoms with Crippen LogP contribution in [0.5, 0.6) is 11.5 Å². The van der Waals surface area contributed by atoms with Gasteiger partial charge in [0.1, 0.15) is 6.07 Å². The second-order valence-electron chi connectivity index (χ2n) is 5.16. The Balaban J connectivity index is 2.09. The number of nitrogens with zero attached hydrogens (tertiary/aromatic N) is 2. The highest BCUT2D eigenvalue weighted by Crippen LogP contribution is 2.35. The van der Waals surface area contributed by atoms with Crippen LogP contribution in [0.25, 0.3) is 11.8 Å². The molecule has 3 rings (SSSR count). The number of hydrogen-bond donors (Lipinski definition) is 0. The molecule has 2 heterocycles. The minimum absolute atomic E-state index is 0.202. The van der Waals surface area contributed by atoms with Gasteiger partial charge in [-0.1, -0.05) is 0 Å². The van der Waals surface area contributed by atoms with Crippen molar-refractivity contribution in [3.05, 3.63) is 46.8 Å². The molecule has 0 saturated carbocycles. The molecule has 0 N–H and O–H groups in total. The van der Waals surface area contributed by atoms with Crippen molar-refractivity contribution < 1.29 is 19.4 Å². The van der Waals surface area contributed by atoms with E-state index in [0.29, 0.717) is 17.1 Å². The van der Waals surface area contributed by atoms with Crippen LogP contribution in [0, 0.1) is 25.2 Å². The Morgan fingerprint density at radius 2 is 2.04 bits per heavy atom. The summed E-state index contributed by atoms with van der Waals surface area (Å²) in [5.41, 5.74) is 2.84. The zero-order chi connectivity index (χ0) is 16.6. The lowest BCUT2D eigenvalue weighted by molar-refractivity contribution is -0.298. The van der Waals surface area contributed by atoms with Crippen LogP contribution in [0.3, 0.4) is 0 Å². The average molecular weight is 309 g/mol. The Kier molecular flexibility index (Phi) is 3.54. The maximum absolute atomic E-state index is 10.9. The number of ether oxygens (including phenoxy) is 2. The smallest absolute Gasteiger partial charge is 0.231 e. The highest BCUT2D eigenvalue weighted by molar-refractivity contribution is 5.95. The summed E-state index contributed by atoms with van der Waals surface area (Å²) in [5.74, 6) is -0.125. The number of fused-ring (bicyclic) bond motifs is 1. The molecule has 2 aromatic rings. The molecule has 0 bridgehead atoms. The molecule has 116 valence electrons.